The van der Waals surface area contributed by atoms with Gasteiger partial charge in [-0.05, 0) is 42.0 Å². The summed E-state index contributed by atoms with van der Waals surface area (Å²) < 4.78 is 54.7. The molecule has 0 spiro atoms. The van der Waals surface area contributed by atoms with Crippen LogP contribution in [-0.2, 0) is 22.3 Å². The number of hydrogen-bond donors (Lipinski definition) is 1. The van der Waals surface area contributed by atoms with E-state index in [2.05, 4.69) is 5.32 Å². The molecule has 188 valence electrons. The summed E-state index contributed by atoms with van der Waals surface area (Å²) in [7, 11) is 0. The van der Waals surface area contributed by atoms with Gasteiger partial charge in [-0.3, -0.25) is 4.79 Å². The van der Waals surface area contributed by atoms with E-state index in [0.29, 0.717) is 16.8 Å². The highest BCUT2D eigenvalue weighted by molar-refractivity contribution is 8.02. The number of halogens is 4. The molecule has 1 N–H and O–H groups in total. The number of para-hydroxylation sites is 1. The maximum absolute atomic E-state index is 13.5. The topological polar surface area (TPSA) is 69.5 Å². The summed E-state index contributed by atoms with van der Waals surface area (Å²) in [6, 6.07) is 16.0. The van der Waals surface area contributed by atoms with Crippen molar-refractivity contribution in [3.05, 3.63) is 95.3 Å². The fourth-order valence-corrected chi connectivity index (χ4v) is 5.59. The Morgan fingerprint density at radius 1 is 0.973 bits per heavy atom. The van der Waals surface area contributed by atoms with Crippen molar-refractivity contribution in [2.75, 3.05) is 11.9 Å². The Hall–Kier alpha value is -3.99. The molecule has 3 aromatic rings. The van der Waals surface area contributed by atoms with Crippen molar-refractivity contribution in [2.45, 2.75) is 22.9 Å². The third kappa shape index (κ3) is 4.74. The van der Waals surface area contributed by atoms with Crippen molar-refractivity contribution in [1.29, 1.82) is 0 Å². The summed E-state index contributed by atoms with van der Waals surface area (Å²) in [5.41, 5.74) is -0.0508. The van der Waals surface area contributed by atoms with Crippen LogP contribution in [0.15, 0.2) is 77.7 Å². The van der Waals surface area contributed by atoms with Crippen LogP contribution in [0.1, 0.15) is 16.7 Å². The number of imide groups is 1. The number of carbonyl (C=O) groups is 3. The molecular formula is C26H18F4N3O3S+. The molecule has 1 atom stereocenters. The van der Waals surface area contributed by atoms with Crippen LogP contribution in [0, 0.1) is 5.82 Å². The normalized spacial score (nSPS) is 17.1. The van der Waals surface area contributed by atoms with E-state index in [1.807, 2.05) is 0 Å². The largest absolute Gasteiger partial charge is 0.501 e. The molecular weight excluding hydrogens is 510 g/mol. The monoisotopic (exact) mass is 528 g/mol. The van der Waals surface area contributed by atoms with E-state index in [0.717, 1.165) is 26.5 Å². The Morgan fingerprint density at radius 3 is 2.38 bits per heavy atom. The fourth-order valence-electron chi connectivity index (χ4n) is 4.29. The molecule has 3 aromatic carbocycles. The number of thioether (sulfide) groups is 1. The van der Waals surface area contributed by atoms with E-state index in [4.69, 9.17) is 0 Å². The summed E-state index contributed by atoms with van der Waals surface area (Å²) in [4.78, 5) is 41.6. The number of rotatable bonds is 5. The Kier molecular flexibility index (Phi) is 6.32. The molecule has 11 heteroatoms. The van der Waals surface area contributed by atoms with Crippen molar-refractivity contribution in [3.8, 4) is 0 Å². The quantitative estimate of drug-likeness (QED) is 0.377. The zero-order valence-corrected chi connectivity index (χ0v) is 19.8. The first kappa shape index (κ1) is 24.7. The number of nitrogens with one attached hydrogen (secondary N) is 1. The van der Waals surface area contributed by atoms with Crippen molar-refractivity contribution >= 4 is 41.0 Å². The second-order valence-corrected chi connectivity index (χ2v) is 9.54. The van der Waals surface area contributed by atoms with Crippen molar-refractivity contribution in [2.24, 2.45) is 0 Å². The number of benzene rings is 3. The van der Waals surface area contributed by atoms with Crippen LogP contribution in [0.2, 0.25) is 0 Å². The number of hydrogen-bond acceptors (Lipinski definition) is 4. The van der Waals surface area contributed by atoms with Crippen LogP contribution >= 0.6 is 11.8 Å². The van der Waals surface area contributed by atoms with E-state index in [1.54, 1.807) is 24.3 Å². The zero-order chi connectivity index (χ0) is 26.3. The van der Waals surface area contributed by atoms with E-state index in [-0.39, 0.29) is 6.54 Å². The lowest BCUT2D eigenvalue weighted by atomic mass is 10.0. The molecule has 0 saturated heterocycles. The molecule has 5 rings (SSSR count). The third-order valence-electron chi connectivity index (χ3n) is 5.96. The number of nitrogens with zero attached hydrogens (tertiary/aromatic N) is 2. The molecule has 0 fully saturated rings. The van der Waals surface area contributed by atoms with Gasteiger partial charge in [0.25, 0.3) is 5.91 Å². The maximum atomic E-state index is 13.5. The number of urea groups is 1. The van der Waals surface area contributed by atoms with Gasteiger partial charge in [-0.25, -0.2) is 9.18 Å². The molecule has 37 heavy (non-hydrogen) atoms. The molecule has 6 nitrogen and oxygen atoms in total. The number of amides is 4. The predicted molar refractivity (Wildman–Crippen MR) is 128 cm³/mol. The lowest BCUT2D eigenvalue weighted by molar-refractivity contribution is -0.426. The van der Waals surface area contributed by atoms with E-state index in [1.165, 1.54) is 48.2 Å². The van der Waals surface area contributed by atoms with Gasteiger partial charge < -0.3 is 5.32 Å². The van der Waals surface area contributed by atoms with Gasteiger partial charge in [0.15, 0.2) is 11.8 Å². The van der Waals surface area contributed by atoms with Gasteiger partial charge in [-0.2, -0.15) is 27.4 Å². The summed E-state index contributed by atoms with van der Waals surface area (Å²) in [5.74, 6) is -1.83. The smallest absolute Gasteiger partial charge is 0.322 e. The Labute approximate surface area is 212 Å². The van der Waals surface area contributed by atoms with Gasteiger partial charge in [-0.1, -0.05) is 36.4 Å². The number of alkyl halides is 3. The molecule has 4 amide bonds. The summed E-state index contributed by atoms with van der Waals surface area (Å²) in [5, 5.41) is 1.42. The Balaban J connectivity index is 1.50. The first-order valence-corrected chi connectivity index (χ1v) is 12.0. The first-order valence-electron chi connectivity index (χ1n) is 11.1. The van der Waals surface area contributed by atoms with Crippen LogP contribution in [0.4, 0.5) is 28.0 Å². The second kappa shape index (κ2) is 9.47. The molecule has 0 aliphatic carbocycles. The van der Waals surface area contributed by atoms with Crippen LogP contribution < -0.4 is 5.32 Å². The fraction of sp³-hybridized carbons (Fsp3) is 0.154. The van der Waals surface area contributed by atoms with Crippen molar-refractivity contribution < 1.29 is 36.5 Å². The standard InChI is InChI=1S/C26H17F4N3O3S/c27-16-11-9-15(10-12-16)13-33-24(35)23-22(17-5-1-4-8-20(17)37-23)32(25(33)36)14-21(34)31-19-7-3-2-6-18(19)26(28,29)30/h1-12,23H,13-14H2/p+1. The van der Waals surface area contributed by atoms with E-state index in [9.17, 15) is 31.9 Å². The average molecular weight is 529 g/mol. The molecule has 1 unspecified atom stereocenters. The second-order valence-electron chi connectivity index (χ2n) is 8.39. The van der Waals surface area contributed by atoms with Gasteiger partial charge in [-0.15, -0.1) is 11.8 Å². The van der Waals surface area contributed by atoms with Crippen LogP contribution in [0.3, 0.4) is 0 Å². The van der Waals surface area contributed by atoms with Gasteiger partial charge in [0, 0.05) is 10.5 Å². The van der Waals surface area contributed by atoms with Gasteiger partial charge >= 0.3 is 18.1 Å². The minimum absolute atomic E-state index is 0.159. The highest BCUT2D eigenvalue weighted by atomic mass is 32.2. The highest BCUT2D eigenvalue weighted by Gasteiger charge is 2.52. The lowest BCUT2D eigenvalue weighted by Gasteiger charge is -2.24. The molecule has 0 bridgehead atoms. The Morgan fingerprint density at radius 2 is 1.65 bits per heavy atom. The number of fused-ring (bicyclic) bond motifs is 3. The van der Waals surface area contributed by atoms with Gasteiger partial charge in [0.1, 0.15) is 18.1 Å². The highest BCUT2D eigenvalue weighted by Crippen LogP contribution is 2.40. The summed E-state index contributed by atoms with van der Waals surface area (Å²) in [6.07, 6.45) is -4.69. The van der Waals surface area contributed by atoms with Gasteiger partial charge in [0.05, 0.1) is 11.3 Å². The van der Waals surface area contributed by atoms with Crippen LogP contribution in [-0.4, -0.2) is 44.8 Å². The van der Waals surface area contributed by atoms with E-state index < -0.39 is 52.9 Å². The molecule has 0 saturated carbocycles. The first-order chi connectivity index (χ1) is 17.6. The molecule has 2 aliphatic heterocycles. The minimum atomic E-state index is -4.69. The minimum Gasteiger partial charge on any atom is -0.322 e. The van der Waals surface area contributed by atoms with Gasteiger partial charge in [0.2, 0.25) is 0 Å². The molecule has 0 radical (unpaired) electrons. The van der Waals surface area contributed by atoms with Crippen molar-refractivity contribution in [3.63, 3.8) is 0 Å². The van der Waals surface area contributed by atoms with Crippen LogP contribution in [0.5, 0.6) is 0 Å². The number of carbonyl (C=O) groups excluding carboxylic acids is 3. The number of anilines is 1. The van der Waals surface area contributed by atoms with Crippen molar-refractivity contribution in [1.82, 2.24) is 4.90 Å². The third-order valence-corrected chi connectivity index (χ3v) is 7.23. The summed E-state index contributed by atoms with van der Waals surface area (Å²) in [6.45, 7) is -0.771. The summed E-state index contributed by atoms with van der Waals surface area (Å²) >= 11 is 1.23. The van der Waals surface area contributed by atoms with E-state index >= 15 is 0 Å². The zero-order valence-electron chi connectivity index (χ0n) is 19.0. The Bertz CT molecular complexity index is 1450. The molecule has 0 aromatic heterocycles. The van der Waals surface area contributed by atoms with Crippen LogP contribution in [0.25, 0.3) is 0 Å². The molecule has 2 heterocycles. The SMILES string of the molecule is O=C(C[N+]1=C2c3ccccc3SC2C(=O)N(Cc2ccc(F)cc2)C1=O)Nc1ccccc1C(F)(F)F. The maximum Gasteiger partial charge on any atom is 0.501 e. The predicted octanol–water partition coefficient (Wildman–Crippen LogP) is 4.92. The average Bonchev–Trinajstić information content (AvgIpc) is 3.25. The lowest BCUT2D eigenvalue weighted by Crippen LogP contribution is -2.56. The molecule has 2 aliphatic rings.